The third-order valence-electron chi connectivity index (χ3n) is 5.00. The average molecular weight is 223 g/mol. The number of hydrogen-bond donors (Lipinski definition) is 0. The molecule has 1 spiro atoms. The minimum absolute atomic E-state index is 0.189. The molecule has 90 valence electrons. The molecular weight excluding hydrogens is 202 g/mol. The van der Waals surface area contributed by atoms with Crippen LogP contribution in [0, 0.1) is 5.92 Å². The molecule has 0 aromatic carbocycles. The highest BCUT2D eigenvalue weighted by Crippen LogP contribution is 2.51. The van der Waals surface area contributed by atoms with Crippen molar-refractivity contribution in [1.29, 1.82) is 0 Å². The van der Waals surface area contributed by atoms with Gasteiger partial charge in [-0.3, -0.25) is 4.79 Å². The molecule has 3 fully saturated rings. The van der Waals surface area contributed by atoms with Crippen molar-refractivity contribution in [2.45, 2.75) is 56.6 Å². The molecule has 0 aromatic heterocycles. The van der Waals surface area contributed by atoms with E-state index in [0.717, 1.165) is 25.8 Å². The lowest BCUT2D eigenvalue weighted by Gasteiger charge is -2.38. The molecule has 1 aliphatic carbocycles. The van der Waals surface area contributed by atoms with E-state index in [1.165, 1.54) is 25.7 Å². The Morgan fingerprint density at radius 1 is 1.44 bits per heavy atom. The standard InChI is InChI=1S/C13H21NO2/c1-16-11-8-10-4-2-5-12(15)14-7-3-6-13(10,14)9-11/h10-11H,2-9H2,1H3/t10-,11+,13+/m1/s1. The molecule has 3 heteroatoms. The SMILES string of the molecule is CO[C@H]1C[C@H]2CCCC(=O)N3CCC[C@]23C1. The van der Waals surface area contributed by atoms with Crippen molar-refractivity contribution < 1.29 is 9.53 Å². The first-order chi connectivity index (χ1) is 7.76. The summed E-state index contributed by atoms with van der Waals surface area (Å²) >= 11 is 0. The summed E-state index contributed by atoms with van der Waals surface area (Å²) in [5, 5.41) is 0. The zero-order chi connectivity index (χ0) is 11.2. The summed E-state index contributed by atoms with van der Waals surface area (Å²) in [5.41, 5.74) is 0.189. The van der Waals surface area contributed by atoms with Crippen LogP contribution in [0.2, 0.25) is 0 Å². The van der Waals surface area contributed by atoms with Crippen LogP contribution in [0.15, 0.2) is 0 Å². The lowest BCUT2D eigenvalue weighted by molar-refractivity contribution is -0.135. The molecular formula is C13H21NO2. The van der Waals surface area contributed by atoms with Crippen molar-refractivity contribution in [1.82, 2.24) is 4.90 Å². The summed E-state index contributed by atoms with van der Waals surface area (Å²) in [6, 6.07) is 0. The highest BCUT2D eigenvalue weighted by molar-refractivity contribution is 5.78. The van der Waals surface area contributed by atoms with Gasteiger partial charge in [0, 0.05) is 25.6 Å². The van der Waals surface area contributed by atoms with E-state index in [4.69, 9.17) is 4.74 Å². The Kier molecular flexibility index (Phi) is 2.46. The quantitative estimate of drug-likeness (QED) is 0.680. The molecule has 2 saturated heterocycles. The van der Waals surface area contributed by atoms with Crippen molar-refractivity contribution in [2.24, 2.45) is 5.92 Å². The van der Waals surface area contributed by atoms with E-state index >= 15 is 0 Å². The van der Waals surface area contributed by atoms with E-state index in [1.807, 2.05) is 7.11 Å². The van der Waals surface area contributed by atoms with Crippen LogP contribution in [-0.2, 0) is 9.53 Å². The first kappa shape index (κ1) is 10.6. The Morgan fingerprint density at radius 3 is 3.12 bits per heavy atom. The number of methoxy groups -OCH3 is 1. The molecule has 0 aromatic rings. The fourth-order valence-corrected chi connectivity index (χ4v) is 4.29. The Bertz CT molecular complexity index is 304. The van der Waals surface area contributed by atoms with Gasteiger partial charge in [0.15, 0.2) is 0 Å². The molecule has 3 atom stereocenters. The Hall–Kier alpha value is -0.570. The summed E-state index contributed by atoms with van der Waals surface area (Å²) < 4.78 is 5.54. The molecule has 1 saturated carbocycles. The summed E-state index contributed by atoms with van der Waals surface area (Å²) in [7, 11) is 1.81. The second kappa shape index (κ2) is 3.73. The second-order valence-corrected chi connectivity index (χ2v) is 5.64. The van der Waals surface area contributed by atoms with E-state index in [-0.39, 0.29) is 5.54 Å². The lowest BCUT2D eigenvalue weighted by atomic mass is 9.83. The van der Waals surface area contributed by atoms with E-state index in [0.29, 0.717) is 17.9 Å². The van der Waals surface area contributed by atoms with Gasteiger partial charge in [0.1, 0.15) is 0 Å². The predicted molar refractivity (Wildman–Crippen MR) is 61.1 cm³/mol. The first-order valence-electron chi connectivity index (χ1n) is 6.59. The molecule has 0 bridgehead atoms. The van der Waals surface area contributed by atoms with Gasteiger partial charge in [0.25, 0.3) is 0 Å². The number of hydrogen-bond acceptors (Lipinski definition) is 2. The summed E-state index contributed by atoms with van der Waals surface area (Å²) in [6.07, 6.45) is 8.12. The third-order valence-corrected chi connectivity index (χ3v) is 5.00. The summed E-state index contributed by atoms with van der Waals surface area (Å²) in [5.74, 6) is 1.10. The van der Waals surface area contributed by atoms with Crippen LogP contribution < -0.4 is 0 Å². The van der Waals surface area contributed by atoms with Gasteiger partial charge in [-0.05, 0) is 44.4 Å². The number of amides is 1. The molecule has 0 radical (unpaired) electrons. The zero-order valence-electron chi connectivity index (χ0n) is 10.1. The lowest BCUT2D eigenvalue weighted by Crippen LogP contribution is -2.48. The predicted octanol–water partition coefficient (Wildman–Crippen LogP) is 1.96. The van der Waals surface area contributed by atoms with Crippen LogP contribution in [-0.4, -0.2) is 36.1 Å². The highest BCUT2D eigenvalue weighted by atomic mass is 16.5. The van der Waals surface area contributed by atoms with Crippen molar-refractivity contribution in [2.75, 3.05) is 13.7 Å². The third kappa shape index (κ3) is 1.33. The van der Waals surface area contributed by atoms with Gasteiger partial charge in [0.05, 0.1) is 6.10 Å². The van der Waals surface area contributed by atoms with Gasteiger partial charge in [-0.15, -0.1) is 0 Å². The van der Waals surface area contributed by atoms with Crippen molar-refractivity contribution in [3.05, 3.63) is 0 Å². The summed E-state index contributed by atoms with van der Waals surface area (Å²) in [6.45, 7) is 0.992. The molecule has 3 nitrogen and oxygen atoms in total. The van der Waals surface area contributed by atoms with E-state index in [1.54, 1.807) is 0 Å². The first-order valence-corrected chi connectivity index (χ1v) is 6.59. The van der Waals surface area contributed by atoms with Crippen molar-refractivity contribution in [3.63, 3.8) is 0 Å². The van der Waals surface area contributed by atoms with Crippen molar-refractivity contribution >= 4 is 5.91 Å². The van der Waals surface area contributed by atoms with E-state index < -0.39 is 0 Å². The maximum Gasteiger partial charge on any atom is 0.223 e. The molecule has 0 unspecified atom stereocenters. The Morgan fingerprint density at radius 2 is 2.31 bits per heavy atom. The second-order valence-electron chi connectivity index (χ2n) is 5.64. The molecule has 3 rings (SSSR count). The highest BCUT2D eigenvalue weighted by Gasteiger charge is 2.55. The van der Waals surface area contributed by atoms with Gasteiger partial charge < -0.3 is 9.64 Å². The molecule has 3 aliphatic rings. The zero-order valence-corrected chi connectivity index (χ0v) is 10.1. The molecule has 1 amide bonds. The minimum Gasteiger partial charge on any atom is -0.381 e. The molecule has 0 N–H and O–H groups in total. The van der Waals surface area contributed by atoms with E-state index in [2.05, 4.69) is 4.90 Å². The van der Waals surface area contributed by atoms with Crippen LogP contribution in [0.5, 0.6) is 0 Å². The van der Waals surface area contributed by atoms with Gasteiger partial charge in [-0.25, -0.2) is 0 Å². The van der Waals surface area contributed by atoms with Crippen LogP contribution in [0.4, 0.5) is 0 Å². The summed E-state index contributed by atoms with van der Waals surface area (Å²) in [4.78, 5) is 14.3. The van der Waals surface area contributed by atoms with E-state index in [9.17, 15) is 4.79 Å². The maximum atomic E-state index is 12.1. The van der Waals surface area contributed by atoms with Crippen LogP contribution in [0.3, 0.4) is 0 Å². The Labute approximate surface area is 97.1 Å². The average Bonchev–Trinajstić information content (AvgIpc) is 2.83. The fraction of sp³-hybridized carbons (Fsp3) is 0.923. The molecule has 16 heavy (non-hydrogen) atoms. The monoisotopic (exact) mass is 223 g/mol. The van der Waals surface area contributed by atoms with Gasteiger partial charge >= 0.3 is 0 Å². The van der Waals surface area contributed by atoms with Crippen molar-refractivity contribution in [3.8, 4) is 0 Å². The van der Waals surface area contributed by atoms with Crippen LogP contribution in [0.1, 0.15) is 44.9 Å². The number of carbonyl (C=O) groups excluding carboxylic acids is 1. The smallest absolute Gasteiger partial charge is 0.223 e. The molecule has 2 heterocycles. The molecule has 2 aliphatic heterocycles. The van der Waals surface area contributed by atoms with Crippen LogP contribution >= 0.6 is 0 Å². The normalized spacial score (nSPS) is 43.1. The topological polar surface area (TPSA) is 29.5 Å². The van der Waals surface area contributed by atoms with Crippen LogP contribution in [0.25, 0.3) is 0 Å². The minimum atomic E-state index is 0.189. The van der Waals surface area contributed by atoms with Gasteiger partial charge in [-0.1, -0.05) is 0 Å². The largest absolute Gasteiger partial charge is 0.381 e. The number of nitrogens with zero attached hydrogens (tertiary/aromatic N) is 1. The van der Waals surface area contributed by atoms with Gasteiger partial charge in [-0.2, -0.15) is 0 Å². The fourth-order valence-electron chi connectivity index (χ4n) is 4.29. The number of rotatable bonds is 1. The Balaban J connectivity index is 1.93. The maximum absolute atomic E-state index is 12.1. The number of ether oxygens (including phenoxy) is 1. The number of carbonyl (C=O) groups is 1. The van der Waals surface area contributed by atoms with Gasteiger partial charge in [0.2, 0.25) is 5.91 Å².